The quantitative estimate of drug-likeness (QED) is 0.858. The minimum atomic E-state index is -0.241. The third-order valence-corrected chi connectivity index (χ3v) is 3.05. The monoisotopic (exact) mass is 219 g/mol. The highest BCUT2D eigenvalue weighted by Gasteiger charge is 2.29. The lowest BCUT2D eigenvalue weighted by molar-refractivity contribution is 0.637. The van der Waals surface area contributed by atoms with Gasteiger partial charge in [-0.15, -0.1) is 0 Å². The molecule has 0 aliphatic heterocycles. The van der Waals surface area contributed by atoms with E-state index in [2.05, 4.69) is 9.55 Å². The Morgan fingerprint density at radius 1 is 1.44 bits per heavy atom. The summed E-state index contributed by atoms with van der Waals surface area (Å²) in [6.45, 7) is 1.27. The smallest absolute Gasteiger partial charge is 0.151 e. The minimum absolute atomic E-state index is 0.241. The van der Waals surface area contributed by atoms with Crippen LogP contribution < -0.4 is 5.73 Å². The Kier molecular flexibility index (Phi) is 2.17. The normalized spacial score (nSPS) is 15.9. The average Bonchev–Trinajstić information content (AvgIpc) is 3.05. The van der Waals surface area contributed by atoms with Crippen molar-refractivity contribution in [2.45, 2.75) is 25.3 Å². The van der Waals surface area contributed by atoms with Crippen LogP contribution in [0.1, 0.15) is 24.6 Å². The minimum Gasteiger partial charge on any atom is -0.329 e. The van der Waals surface area contributed by atoms with Gasteiger partial charge < -0.3 is 10.3 Å². The van der Waals surface area contributed by atoms with Crippen LogP contribution in [0.2, 0.25) is 0 Å². The highest BCUT2D eigenvalue weighted by Crippen LogP contribution is 2.40. The van der Waals surface area contributed by atoms with E-state index in [1.165, 1.54) is 6.07 Å². The molecule has 4 heteroatoms. The number of nitrogens with two attached hydrogens (primary N) is 1. The fourth-order valence-corrected chi connectivity index (χ4v) is 2.15. The van der Waals surface area contributed by atoms with Crippen molar-refractivity contribution in [2.75, 3.05) is 6.54 Å². The second-order valence-corrected chi connectivity index (χ2v) is 4.29. The lowest BCUT2D eigenvalue weighted by Gasteiger charge is -2.06. The second kappa shape index (κ2) is 3.56. The molecule has 0 amide bonds. The number of nitrogens with zero attached hydrogens (tertiary/aromatic N) is 2. The van der Waals surface area contributed by atoms with Gasteiger partial charge in [-0.3, -0.25) is 0 Å². The highest BCUT2D eigenvalue weighted by atomic mass is 19.1. The molecule has 3 nitrogen and oxygen atoms in total. The first-order chi connectivity index (χ1) is 7.81. The molecule has 2 aromatic rings. The number of rotatable bonds is 3. The Balaban J connectivity index is 2.23. The predicted octanol–water partition coefficient (Wildman–Crippen LogP) is 2.01. The summed E-state index contributed by atoms with van der Waals surface area (Å²) < 4.78 is 15.7. The number of aromatic nitrogens is 2. The summed E-state index contributed by atoms with van der Waals surface area (Å²) in [6.07, 6.45) is 2.32. The summed E-state index contributed by atoms with van der Waals surface area (Å²) in [5.41, 5.74) is 6.95. The number of benzene rings is 1. The second-order valence-electron chi connectivity index (χ2n) is 4.29. The van der Waals surface area contributed by atoms with Crippen LogP contribution in [0.3, 0.4) is 0 Å². The number of imidazole rings is 1. The molecule has 3 rings (SSSR count). The van der Waals surface area contributed by atoms with Crippen molar-refractivity contribution >= 4 is 11.0 Å². The van der Waals surface area contributed by atoms with Crippen molar-refractivity contribution in [2.24, 2.45) is 5.73 Å². The third kappa shape index (κ3) is 1.41. The Morgan fingerprint density at radius 3 is 2.94 bits per heavy atom. The number of para-hydroxylation sites is 1. The first-order valence-corrected chi connectivity index (χ1v) is 5.66. The van der Waals surface area contributed by atoms with Crippen LogP contribution in [0, 0.1) is 5.82 Å². The van der Waals surface area contributed by atoms with E-state index in [4.69, 9.17) is 5.73 Å². The van der Waals surface area contributed by atoms with Crippen LogP contribution in [-0.2, 0) is 6.54 Å². The Morgan fingerprint density at radius 2 is 2.25 bits per heavy atom. The van der Waals surface area contributed by atoms with E-state index >= 15 is 0 Å². The molecule has 2 N–H and O–H groups in total. The van der Waals surface area contributed by atoms with Crippen LogP contribution in [0.15, 0.2) is 18.2 Å². The molecule has 0 radical (unpaired) electrons. The van der Waals surface area contributed by atoms with Gasteiger partial charge in [-0.25, -0.2) is 9.37 Å². The SMILES string of the molecule is NCCn1c(C2CC2)nc2c(F)cccc21. The molecule has 0 saturated heterocycles. The van der Waals surface area contributed by atoms with E-state index in [9.17, 15) is 4.39 Å². The summed E-state index contributed by atoms with van der Waals surface area (Å²) in [5, 5.41) is 0. The first kappa shape index (κ1) is 9.78. The van der Waals surface area contributed by atoms with Gasteiger partial charge in [0.25, 0.3) is 0 Å². The van der Waals surface area contributed by atoms with Gasteiger partial charge >= 0.3 is 0 Å². The molecule has 1 aliphatic rings. The first-order valence-electron chi connectivity index (χ1n) is 5.66. The Bertz CT molecular complexity index is 528. The summed E-state index contributed by atoms with van der Waals surface area (Å²) in [4.78, 5) is 4.43. The third-order valence-electron chi connectivity index (χ3n) is 3.05. The maximum atomic E-state index is 13.6. The lowest BCUT2D eigenvalue weighted by Crippen LogP contribution is -2.12. The lowest BCUT2D eigenvalue weighted by atomic mass is 10.3. The van der Waals surface area contributed by atoms with Crippen LogP contribution in [0.5, 0.6) is 0 Å². The largest absolute Gasteiger partial charge is 0.329 e. The topological polar surface area (TPSA) is 43.8 Å². The van der Waals surface area contributed by atoms with Gasteiger partial charge in [-0.05, 0) is 25.0 Å². The van der Waals surface area contributed by atoms with Crippen molar-refractivity contribution < 1.29 is 4.39 Å². The summed E-state index contributed by atoms with van der Waals surface area (Å²) in [6, 6.07) is 5.09. The molecule has 1 fully saturated rings. The molecule has 1 aromatic heterocycles. The van der Waals surface area contributed by atoms with Gasteiger partial charge in [0, 0.05) is 19.0 Å². The highest BCUT2D eigenvalue weighted by molar-refractivity contribution is 5.77. The molecule has 1 aromatic carbocycles. The Hall–Kier alpha value is -1.42. The molecule has 1 heterocycles. The number of hydrogen-bond acceptors (Lipinski definition) is 2. The fourth-order valence-electron chi connectivity index (χ4n) is 2.15. The van der Waals surface area contributed by atoms with Crippen molar-refractivity contribution in [1.29, 1.82) is 0 Å². The van der Waals surface area contributed by atoms with E-state index in [0.29, 0.717) is 24.5 Å². The molecule has 0 unspecified atom stereocenters. The van der Waals surface area contributed by atoms with Crippen molar-refractivity contribution in [3.05, 3.63) is 29.8 Å². The summed E-state index contributed by atoms with van der Waals surface area (Å²) >= 11 is 0. The molecule has 0 spiro atoms. The molecule has 1 aliphatic carbocycles. The summed E-state index contributed by atoms with van der Waals surface area (Å²) in [7, 11) is 0. The van der Waals surface area contributed by atoms with E-state index in [0.717, 1.165) is 24.2 Å². The van der Waals surface area contributed by atoms with Crippen LogP contribution in [0.4, 0.5) is 4.39 Å². The van der Waals surface area contributed by atoms with Gasteiger partial charge in [0.05, 0.1) is 5.52 Å². The fraction of sp³-hybridized carbons (Fsp3) is 0.417. The van der Waals surface area contributed by atoms with Crippen LogP contribution in [-0.4, -0.2) is 16.1 Å². The zero-order valence-electron chi connectivity index (χ0n) is 8.99. The zero-order chi connectivity index (χ0) is 11.1. The number of halogens is 1. The summed E-state index contributed by atoms with van der Waals surface area (Å²) in [5.74, 6) is 1.28. The van der Waals surface area contributed by atoms with Crippen molar-refractivity contribution in [3.63, 3.8) is 0 Å². The molecule has 1 saturated carbocycles. The average molecular weight is 219 g/mol. The van der Waals surface area contributed by atoms with Gasteiger partial charge in [0.2, 0.25) is 0 Å². The molecule has 0 bridgehead atoms. The molecular formula is C12H14FN3. The molecular weight excluding hydrogens is 205 g/mol. The van der Waals surface area contributed by atoms with Gasteiger partial charge in [-0.2, -0.15) is 0 Å². The van der Waals surface area contributed by atoms with Crippen molar-refractivity contribution in [1.82, 2.24) is 9.55 Å². The van der Waals surface area contributed by atoms with Crippen LogP contribution >= 0.6 is 0 Å². The Labute approximate surface area is 93.1 Å². The number of hydrogen-bond donors (Lipinski definition) is 1. The van der Waals surface area contributed by atoms with E-state index in [1.54, 1.807) is 6.07 Å². The molecule has 0 atom stereocenters. The van der Waals surface area contributed by atoms with Gasteiger partial charge in [0.15, 0.2) is 5.82 Å². The maximum absolute atomic E-state index is 13.6. The maximum Gasteiger partial charge on any atom is 0.151 e. The standard InChI is InChI=1S/C12H14FN3/c13-9-2-1-3-10-11(9)15-12(8-4-5-8)16(10)7-6-14/h1-3,8H,4-7,14H2. The number of fused-ring (bicyclic) bond motifs is 1. The van der Waals surface area contributed by atoms with E-state index < -0.39 is 0 Å². The zero-order valence-corrected chi connectivity index (χ0v) is 8.99. The van der Waals surface area contributed by atoms with Crippen LogP contribution in [0.25, 0.3) is 11.0 Å². The van der Waals surface area contributed by atoms with E-state index in [-0.39, 0.29) is 5.82 Å². The van der Waals surface area contributed by atoms with Crippen molar-refractivity contribution in [3.8, 4) is 0 Å². The predicted molar refractivity (Wildman–Crippen MR) is 60.7 cm³/mol. The molecule has 16 heavy (non-hydrogen) atoms. The van der Waals surface area contributed by atoms with Gasteiger partial charge in [-0.1, -0.05) is 6.07 Å². The van der Waals surface area contributed by atoms with E-state index in [1.807, 2.05) is 6.07 Å². The van der Waals surface area contributed by atoms with Gasteiger partial charge in [0.1, 0.15) is 11.3 Å². The molecule has 84 valence electrons.